The van der Waals surface area contributed by atoms with Gasteiger partial charge in [-0.1, -0.05) is 13.3 Å². The Balaban J connectivity index is 2.09. The summed E-state index contributed by atoms with van der Waals surface area (Å²) in [5.41, 5.74) is -0.798. The number of benzene rings is 2. The van der Waals surface area contributed by atoms with Crippen molar-refractivity contribution in [3.05, 3.63) is 35.9 Å². The maximum atomic E-state index is 14.5. The number of rotatable bonds is 5. The van der Waals surface area contributed by atoms with Gasteiger partial charge in [0.15, 0.2) is 22.7 Å². The Morgan fingerprint density at radius 1 is 0.920 bits per heavy atom. The number of hydrogen-bond acceptors (Lipinski definition) is 3. The number of unbranched alkanes of at least 4 members (excludes halogenated alkanes) is 1. The molecule has 1 heterocycles. The van der Waals surface area contributed by atoms with Crippen LogP contribution < -0.4 is 9.47 Å². The Morgan fingerprint density at radius 3 is 2.04 bits per heavy atom. The van der Waals surface area contributed by atoms with Crippen LogP contribution in [0, 0.1) is 11.6 Å². The quantitative estimate of drug-likeness (QED) is 0.417. The van der Waals surface area contributed by atoms with Gasteiger partial charge >= 0.3 is 6.36 Å². The van der Waals surface area contributed by atoms with Crippen molar-refractivity contribution in [2.75, 3.05) is 6.61 Å². The fourth-order valence-electron chi connectivity index (χ4n) is 2.44. The second-order valence-electron chi connectivity index (χ2n) is 5.36. The first-order valence-corrected chi connectivity index (χ1v) is 7.53. The molecule has 0 aliphatic carbocycles. The van der Waals surface area contributed by atoms with Crippen LogP contribution in [0.5, 0.6) is 11.5 Å². The smallest absolute Gasteiger partial charge is 0.490 e. The van der Waals surface area contributed by atoms with Crippen molar-refractivity contribution in [1.82, 2.24) is 0 Å². The molecule has 3 rings (SSSR count). The van der Waals surface area contributed by atoms with Gasteiger partial charge in [0.05, 0.1) is 6.61 Å². The van der Waals surface area contributed by atoms with E-state index in [0.717, 1.165) is 18.9 Å². The van der Waals surface area contributed by atoms with Crippen molar-refractivity contribution in [1.29, 1.82) is 0 Å². The third-order valence-corrected chi connectivity index (χ3v) is 3.60. The molecule has 0 radical (unpaired) electrons. The highest BCUT2D eigenvalue weighted by Gasteiger charge is 2.33. The summed E-state index contributed by atoms with van der Waals surface area (Å²) in [4.78, 5) is 0. The molecule has 1 aromatic heterocycles. The van der Waals surface area contributed by atoms with Crippen LogP contribution in [0.25, 0.3) is 21.9 Å². The number of ether oxygens (including phenoxy) is 2. The lowest BCUT2D eigenvalue weighted by atomic mass is 10.1. The number of halogens is 5. The van der Waals surface area contributed by atoms with E-state index in [2.05, 4.69) is 4.74 Å². The molecule has 2 aromatic carbocycles. The van der Waals surface area contributed by atoms with E-state index in [4.69, 9.17) is 9.15 Å². The van der Waals surface area contributed by atoms with Gasteiger partial charge in [-0.3, -0.25) is 0 Å². The van der Waals surface area contributed by atoms with Crippen molar-refractivity contribution >= 4 is 21.9 Å². The monoisotopic (exact) mass is 360 g/mol. The second kappa shape index (κ2) is 6.42. The van der Waals surface area contributed by atoms with E-state index in [1.54, 1.807) is 0 Å². The van der Waals surface area contributed by atoms with Gasteiger partial charge in [0.25, 0.3) is 0 Å². The molecule has 3 nitrogen and oxygen atoms in total. The summed E-state index contributed by atoms with van der Waals surface area (Å²) in [7, 11) is 0. The molecule has 0 N–H and O–H groups in total. The van der Waals surface area contributed by atoms with Crippen molar-refractivity contribution in [2.24, 2.45) is 0 Å². The van der Waals surface area contributed by atoms with Crippen LogP contribution in [0.1, 0.15) is 19.8 Å². The van der Waals surface area contributed by atoms with Gasteiger partial charge in [-0.25, -0.2) is 0 Å². The van der Waals surface area contributed by atoms with Crippen LogP contribution in [0.3, 0.4) is 0 Å². The molecule has 0 saturated carbocycles. The minimum Gasteiger partial charge on any atom is -0.490 e. The van der Waals surface area contributed by atoms with Gasteiger partial charge in [0.2, 0.25) is 11.6 Å². The Bertz CT molecular complexity index is 914. The molecule has 0 bridgehead atoms. The summed E-state index contributed by atoms with van der Waals surface area (Å²) in [6.07, 6.45) is -3.46. The average molecular weight is 360 g/mol. The summed E-state index contributed by atoms with van der Waals surface area (Å²) in [5, 5.41) is 0.369. The molecule has 0 spiro atoms. The molecule has 134 valence electrons. The Labute approximate surface area is 138 Å². The highest BCUT2D eigenvalue weighted by molar-refractivity contribution is 6.06. The summed E-state index contributed by atoms with van der Waals surface area (Å²) in [6, 6.07) is 4.85. The van der Waals surface area contributed by atoms with Crippen LogP contribution in [0.15, 0.2) is 28.7 Å². The molecule has 0 saturated heterocycles. The standard InChI is InChI=1S/C17H13F5O3/c1-2-3-8-23-11-6-4-9-10-5-7-12(25-17(20,21)22)14(19)16(10)24-15(9)13(11)18/h4-7H,2-3,8H2,1H3. The minimum absolute atomic E-state index is 0.0628. The van der Waals surface area contributed by atoms with Crippen LogP contribution >= 0.6 is 0 Å². The van der Waals surface area contributed by atoms with Gasteiger partial charge in [0, 0.05) is 10.8 Å². The zero-order valence-corrected chi connectivity index (χ0v) is 13.0. The fraction of sp³-hybridized carbons (Fsp3) is 0.294. The van der Waals surface area contributed by atoms with Gasteiger partial charge < -0.3 is 13.9 Å². The van der Waals surface area contributed by atoms with E-state index >= 15 is 0 Å². The van der Waals surface area contributed by atoms with Gasteiger partial charge in [-0.05, 0) is 30.7 Å². The SMILES string of the molecule is CCCCOc1ccc2c(oc3c(F)c(OC(F)(F)F)ccc32)c1F. The van der Waals surface area contributed by atoms with Crippen molar-refractivity contribution < 1.29 is 35.8 Å². The molecule has 0 amide bonds. The summed E-state index contributed by atoms with van der Waals surface area (Å²) >= 11 is 0. The van der Waals surface area contributed by atoms with Crippen LogP contribution in [0.4, 0.5) is 22.0 Å². The predicted molar refractivity (Wildman–Crippen MR) is 80.7 cm³/mol. The molecular formula is C17H13F5O3. The predicted octanol–water partition coefficient (Wildman–Crippen LogP) is 5.94. The van der Waals surface area contributed by atoms with E-state index in [1.165, 1.54) is 18.2 Å². The van der Waals surface area contributed by atoms with E-state index in [1.807, 2.05) is 6.92 Å². The summed E-state index contributed by atoms with van der Waals surface area (Å²) in [6.45, 7) is 2.25. The maximum Gasteiger partial charge on any atom is 0.573 e. The van der Waals surface area contributed by atoms with Crippen LogP contribution in [-0.4, -0.2) is 13.0 Å². The van der Waals surface area contributed by atoms with E-state index < -0.39 is 29.3 Å². The van der Waals surface area contributed by atoms with Crippen molar-refractivity contribution in [2.45, 2.75) is 26.1 Å². The molecule has 0 aliphatic rings. The third kappa shape index (κ3) is 3.33. The van der Waals surface area contributed by atoms with Crippen LogP contribution in [-0.2, 0) is 0 Å². The van der Waals surface area contributed by atoms with Gasteiger partial charge in [-0.15, -0.1) is 13.2 Å². The van der Waals surface area contributed by atoms with E-state index in [9.17, 15) is 22.0 Å². The Kier molecular flexibility index (Phi) is 4.45. The molecule has 25 heavy (non-hydrogen) atoms. The lowest BCUT2D eigenvalue weighted by Gasteiger charge is -2.09. The fourth-order valence-corrected chi connectivity index (χ4v) is 2.44. The minimum atomic E-state index is -5.05. The van der Waals surface area contributed by atoms with Crippen LogP contribution in [0.2, 0.25) is 0 Å². The first-order chi connectivity index (χ1) is 11.8. The van der Waals surface area contributed by atoms with E-state index in [0.29, 0.717) is 6.61 Å². The number of hydrogen-bond donors (Lipinski definition) is 0. The summed E-state index contributed by atoms with van der Waals surface area (Å²) in [5.74, 6) is -3.28. The van der Waals surface area contributed by atoms with E-state index in [-0.39, 0.29) is 22.1 Å². The third-order valence-electron chi connectivity index (χ3n) is 3.60. The second-order valence-corrected chi connectivity index (χ2v) is 5.36. The Morgan fingerprint density at radius 2 is 1.48 bits per heavy atom. The highest BCUT2D eigenvalue weighted by atomic mass is 19.4. The van der Waals surface area contributed by atoms with Gasteiger partial charge in [0.1, 0.15) is 0 Å². The lowest BCUT2D eigenvalue weighted by molar-refractivity contribution is -0.275. The molecule has 3 aromatic rings. The number of furan rings is 1. The molecule has 8 heteroatoms. The maximum absolute atomic E-state index is 14.5. The average Bonchev–Trinajstić information content (AvgIpc) is 2.92. The molecule has 0 unspecified atom stereocenters. The lowest BCUT2D eigenvalue weighted by Crippen LogP contribution is -2.17. The zero-order chi connectivity index (χ0) is 18.2. The topological polar surface area (TPSA) is 31.6 Å². The highest BCUT2D eigenvalue weighted by Crippen LogP contribution is 2.38. The molecular weight excluding hydrogens is 347 g/mol. The zero-order valence-electron chi connectivity index (χ0n) is 13.0. The Hall–Kier alpha value is -2.51. The first kappa shape index (κ1) is 17.3. The largest absolute Gasteiger partial charge is 0.573 e. The van der Waals surface area contributed by atoms with Crippen molar-refractivity contribution in [3.8, 4) is 11.5 Å². The molecule has 0 fully saturated rings. The molecule has 0 aliphatic heterocycles. The molecule has 0 atom stereocenters. The van der Waals surface area contributed by atoms with Gasteiger partial charge in [-0.2, -0.15) is 8.78 Å². The van der Waals surface area contributed by atoms with Crippen molar-refractivity contribution in [3.63, 3.8) is 0 Å². The number of fused-ring (bicyclic) bond motifs is 3. The summed E-state index contributed by atoms with van der Waals surface area (Å²) < 4.78 is 79.7. The normalized spacial score (nSPS) is 12.1. The first-order valence-electron chi connectivity index (χ1n) is 7.53. The number of alkyl halides is 3.